The molecule has 1 saturated heterocycles. The van der Waals surface area contributed by atoms with Gasteiger partial charge >= 0.3 is 11.9 Å². The third kappa shape index (κ3) is 3.51. The van der Waals surface area contributed by atoms with Crippen LogP contribution in [0.3, 0.4) is 0 Å². The topological polar surface area (TPSA) is 180 Å². The molecule has 11 heteroatoms. The van der Waals surface area contributed by atoms with Crippen LogP contribution in [0.5, 0.6) is 28.7 Å². The van der Waals surface area contributed by atoms with E-state index in [1.165, 1.54) is 31.4 Å². The Morgan fingerprint density at radius 3 is 2.53 bits per heavy atom. The van der Waals surface area contributed by atoms with E-state index >= 15 is 0 Å². The van der Waals surface area contributed by atoms with Crippen molar-refractivity contribution in [2.24, 2.45) is 17.8 Å². The number of carboxylic acids is 1. The van der Waals surface area contributed by atoms with Crippen molar-refractivity contribution in [3.05, 3.63) is 53.1 Å². The number of phenolic OH excluding ortho intramolecular Hbond substituents is 3. The maximum atomic E-state index is 12.9. The van der Waals surface area contributed by atoms with E-state index in [-0.39, 0.29) is 35.0 Å². The molecule has 6 atom stereocenters. The van der Waals surface area contributed by atoms with Crippen LogP contribution in [0.1, 0.15) is 21.8 Å². The van der Waals surface area contributed by atoms with Crippen molar-refractivity contribution in [1.29, 1.82) is 0 Å². The molecule has 2 aromatic carbocycles. The number of aliphatic hydroxyl groups is 1. The number of ether oxygens (including phenoxy) is 3. The first kappa shape index (κ1) is 23.5. The van der Waals surface area contributed by atoms with Crippen molar-refractivity contribution in [2.75, 3.05) is 13.7 Å². The molecule has 0 saturated carbocycles. The van der Waals surface area contributed by atoms with Crippen LogP contribution in [-0.4, -0.2) is 69.2 Å². The molecule has 1 fully saturated rings. The van der Waals surface area contributed by atoms with Crippen molar-refractivity contribution in [1.82, 2.24) is 0 Å². The van der Waals surface area contributed by atoms with Gasteiger partial charge in [0.25, 0.3) is 0 Å². The molecule has 2 heterocycles. The maximum absolute atomic E-state index is 12.9. The van der Waals surface area contributed by atoms with Gasteiger partial charge in [0.2, 0.25) is 5.78 Å². The molecule has 0 radical (unpaired) electrons. The lowest BCUT2D eigenvalue weighted by atomic mass is 9.64. The molecule has 0 spiro atoms. The molecule has 6 unspecified atom stereocenters. The lowest BCUT2D eigenvalue weighted by molar-refractivity contribution is -0.143. The largest absolute Gasteiger partial charge is 0.508 e. The number of aliphatic carboxylic acids is 1. The van der Waals surface area contributed by atoms with Crippen molar-refractivity contribution in [2.45, 2.75) is 18.1 Å². The fraction of sp³-hybridized carbons (Fsp3) is 0.320. The molecule has 188 valence electrons. The van der Waals surface area contributed by atoms with Crippen LogP contribution in [0.15, 0.2) is 42.0 Å². The van der Waals surface area contributed by atoms with E-state index in [0.717, 1.165) is 12.1 Å². The molecule has 2 aliphatic heterocycles. The lowest BCUT2D eigenvalue weighted by Crippen LogP contribution is -2.48. The summed E-state index contributed by atoms with van der Waals surface area (Å²) in [6.07, 6.45) is -2.02. The third-order valence-corrected chi connectivity index (χ3v) is 7.00. The SMILES string of the molecule is COc1cc(C2C(C(=O)O)C=C(C3Oc4cc(O)cc(O)c4C(=O)C3O)C3C(=O)OCC32)ccc1O. The second-order valence-electron chi connectivity index (χ2n) is 8.94. The average Bonchev–Trinajstić information content (AvgIpc) is 3.22. The van der Waals surface area contributed by atoms with Crippen molar-refractivity contribution in [3.8, 4) is 28.7 Å². The molecule has 11 nitrogen and oxygen atoms in total. The zero-order valence-corrected chi connectivity index (χ0v) is 18.8. The van der Waals surface area contributed by atoms with Gasteiger partial charge in [-0.3, -0.25) is 14.4 Å². The number of aromatic hydroxyl groups is 3. The fourth-order valence-electron chi connectivity index (χ4n) is 5.43. The molecule has 3 aliphatic rings. The summed E-state index contributed by atoms with van der Waals surface area (Å²) >= 11 is 0. The summed E-state index contributed by atoms with van der Waals surface area (Å²) in [4.78, 5) is 38.2. The number of carbonyl (C=O) groups is 3. The van der Waals surface area contributed by atoms with Gasteiger partial charge in [-0.1, -0.05) is 12.1 Å². The van der Waals surface area contributed by atoms with Gasteiger partial charge < -0.3 is 39.7 Å². The van der Waals surface area contributed by atoms with Crippen LogP contribution >= 0.6 is 0 Å². The summed E-state index contributed by atoms with van der Waals surface area (Å²) in [7, 11) is 1.35. The zero-order chi connectivity index (χ0) is 25.9. The molecule has 2 aromatic rings. The minimum atomic E-state index is -1.85. The predicted octanol–water partition coefficient (Wildman–Crippen LogP) is 1.33. The number of Topliss-reactive ketones (excluding diaryl/α,β-unsaturated/α-hetero) is 1. The summed E-state index contributed by atoms with van der Waals surface area (Å²) in [6.45, 7) is -0.118. The fourth-order valence-corrected chi connectivity index (χ4v) is 5.43. The van der Waals surface area contributed by atoms with Crippen molar-refractivity contribution < 1.29 is 54.1 Å². The van der Waals surface area contributed by atoms with E-state index in [4.69, 9.17) is 14.2 Å². The highest BCUT2D eigenvalue weighted by atomic mass is 16.5. The number of ketones is 1. The van der Waals surface area contributed by atoms with Gasteiger partial charge in [0.05, 0.1) is 25.6 Å². The number of aliphatic hydroxyl groups excluding tert-OH is 1. The first-order valence-electron chi connectivity index (χ1n) is 11.0. The molecule has 36 heavy (non-hydrogen) atoms. The number of hydrogen-bond acceptors (Lipinski definition) is 10. The summed E-state index contributed by atoms with van der Waals surface area (Å²) in [5, 5.41) is 50.8. The summed E-state index contributed by atoms with van der Waals surface area (Å²) < 4.78 is 16.2. The second kappa shape index (κ2) is 8.45. The van der Waals surface area contributed by atoms with E-state index in [0.29, 0.717) is 5.56 Å². The Morgan fingerprint density at radius 2 is 1.83 bits per heavy atom. The van der Waals surface area contributed by atoms with Gasteiger partial charge in [-0.2, -0.15) is 0 Å². The highest BCUT2D eigenvalue weighted by molar-refractivity contribution is 6.06. The van der Waals surface area contributed by atoms with Crippen molar-refractivity contribution >= 4 is 17.7 Å². The van der Waals surface area contributed by atoms with Gasteiger partial charge in [0, 0.05) is 24.0 Å². The normalized spacial score (nSPS) is 28.9. The molecule has 5 N–H and O–H groups in total. The number of carbonyl (C=O) groups excluding carboxylic acids is 2. The number of cyclic esters (lactones) is 1. The van der Waals surface area contributed by atoms with E-state index in [1.807, 2.05) is 0 Å². The van der Waals surface area contributed by atoms with Crippen LogP contribution in [0.2, 0.25) is 0 Å². The van der Waals surface area contributed by atoms with Crippen LogP contribution in [-0.2, 0) is 14.3 Å². The predicted molar refractivity (Wildman–Crippen MR) is 119 cm³/mol. The quantitative estimate of drug-likeness (QED) is 0.303. The Kier molecular flexibility index (Phi) is 5.51. The minimum absolute atomic E-state index is 0.0613. The van der Waals surface area contributed by atoms with Crippen LogP contribution < -0.4 is 9.47 Å². The van der Waals surface area contributed by atoms with Gasteiger partial charge in [-0.15, -0.1) is 0 Å². The molecular weight excluding hydrogens is 476 g/mol. The monoisotopic (exact) mass is 498 g/mol. The maximum Gasteiger partial charge on any atom is 0.313 e. The van der Waals surface area contributed by atoms with Gasteiger partial charge in [0.15, 0.2) is 23.7 Å². The Balaban J connectivity index is 1.63. The standard InChI is InChI=1S/C25H22O11/c1-34-16-4-9(2-3-14(16)27)18-12(24(31)32)7-11(19-13(18)8-35-25(19)33)23-22(30)21(29)20-15(28)5-10(26)6-17(20)36-23/h2-7,12-13,18-19,22-23,26-28,30H,8H2,1H3,(H,31,32). The number of esters is 1. The molecule has 1 aliphatic carbocycles. The van der Waals surface area contributed by atoms with Crippen molar-refractivity contribution in [3.63, 3.8) is 0 Å². The highest BCUT2D eigenvalue weighted by Crippen LogP contribution is 2.51. The first-order chi connectivity index (χ1) is 17.1. The summed E-state index contributed by atoms with van der Waals surface area (Å²) in [5.41, 5.74) is 0.218. The van der Waals surface area contributed by atoms with Crippen LogP contribution in [0.25, 0.3) is 0 Å². The highest BCUT2D eigenvalue weighted by Gasteiger charge is 2.55. The third-order valence-electron chi connectivity index (χ3n) is 7.00. The number of carboxylic acid groups (broad SMARTS) is 1. The Labute approximate surface area is 203 Å². The minimum Gasteiger partial charge on any atom is -0.508 e. The number of hydrogen-bond donors (Lipinski definition) is 5. The van der Waals surface area contributed by atoms with Gasteiger partial charge in [0.1, 0.15) is 22.8 Å². The number of fused-ring (bicyclic) bond motifs is 2. The number of methoxy groups -OCH3 is 1. The zero-order valence-electron chi connectivity index (χ0n) is 18.8. The summed E-state index contributed by atoms with van der Waals surface area (Å²) in [5.74, 6) is -7.73. The van der Waals surface area contributed by atoms with E-state index in [1.54, 1.807) is 0 Å². The number of benzene rings is 2. The van der Waals surface area contributed by atoms with Crippen LogP contribution in [0.4, 0.5) is 0 Å². The molecule has 0 aromatic heterocycles. The lowest BCUT2D eigenvalue weighted by Gasteiger charge is -2.40. The molecule has 0 amide bonds. The first-order valence-corrected chi connectivity index (χ1v) is 11.0. The summed E-state index contributed by atoms with van der Waals surface area (Å²) in [6, 6.07) is 6.40. The van der Waals surface area contributed by atoms with E-state index < -0.39 is 65.1 Å². The van der Waals surface area contributed by atoms with E-state index in [9.17, 15) is 39.9 Å². The Hall–Kier alpha value is -4.25. The van der Waals surface area contributed by atoms with Gasteiger partial charge in [-0.05, 0) is 23.3 Å². The van der Waals surface area contributed by atoms with Gasteiger partial charge in [-0.25, -0.2) is 0 Å². The molecular formula is C25H22O11. The van der Waals surface area contributed by atoms with Crippen LogP contribution in [0, 0.1) is 17.8 Å². The molecule has 5 rings (SSSR count). The Bertz CT molecular complexity index is 1310. The number of phenols is 3. The van der Waals surface area contributed by atoms with E-state index in [2.05, 4.69) is 0 Å². The average molecular weight is 498 g/mol. The number of rotatable bonds is 4. The Morgan fingerprint density at radius 1 is 1.08 bits per heavy atom. The molecule has 0 bridgehead atoms. The second-order valence-corrected chi connectivity index (χ2v) is 8.94. The smallest absolute Gasteiger partial charge is 0.313 e.